The minimum Gasteiger partial charge on any atom is -0.490 e. The molecule has 0 aliphatic rings. The van der Waals surface area contributed by atoms with Crippen molar-refractivity contribution in [3.8, 4) is 5.75 Å². The molecule has 0 spiro atoms. The first-order valence-electron chi connectivity index (χ1n) is 7.81. The van der Waals surface area contributed by atoms with Gasteiger partial charge in [-0.05, 0) is 42.0 Å². The van der Waals surface area contributed by atoms with Crippen LogP contribution in [0.5, 0.6) is 5.75 Å². The number of hydrogen-bond acceptors (Lipinski definition) is 6. The Morgan fingerprint density at radius 2 is 1.59 bits per heavy atom. The van der Waals surface area contributed by atoms with Crippen molar-refractivity contribution in [3.63, 3.8) is 0 Å². The van der Waals surface area contributed by atoms with Crippen molar-refractivity contribution in [2.24, 2.45) is 10.9 Å². The van der Waals surface area contributed by atoms with Crippen molar-refractivity contribution in [1.29, 1.82) is 0 Å². The van der Waals surface area contributed by atoms with Crippen LogP contribution in [0.15, 0.2) is 53.4 Å². The molecule has 27 heavy (non-hydrogen) atoms. The number of sulfonamides is 1. The smallest absolute Gasteiger partial charge is 0.338 e. The fraction of sp³-hybridized carbons (Fsp3) is 0.176. The number of primary amides is 1. The van der Waals surface area contributed by atoms with Gasteiger partial charge in [-0.2, -0.15) is 0 Å². The number of esters is 1. The zero-order valence-electron chi connectivity index (χ0n) is 14.3. The minimum absolute atomic E-state index is 0.0146. The van der Waals surface area contributed by atoms with Gasteiger partial charge >= 0.3 is 12.0 Å². The number of carbonyl (C=O) groups excluding carboxylic acids is 2. The summed E-state index contributed by atoms with van der Waals surface area (Å²) in [5.41, 5.74) is 6.13. The Bertz CT molecular complexity index is 895. The highest BCUT2D eigenvalue weighted by atomic mass is 32.2. The summed E-state index contributed by atoms with van der Waals surface area (Å²) < 4.78 is 32.8. The fourth-order valence-electron chi connectivity index (χ4n) is 2.05. The Balaban J connectivity index is 1.76. The Hall–Kier alpha value is -3.11. The molecule has 5 N–H and O–H groups in total. The monoisotopic (exact) mass is 393 g/mol. The number of rotatable bonds is 8. The summed E-state index contributed by atoms with van der Waals surface area (Å²) in [5.74, 6) is -0.0951. The van der Waals surface area contributed by atoms with Gasteiger partial charge in [-0.15, -0.1) is 0 Å². The maximum Gasteiger partial charge on any atom is 0.338 e. The van der Waals surface area contributed by atoms with Gasteiger partial charge in [0.25, 0.3) is 0 Å². The molecule has 9 nitrogen and oxygen atoms in total. The molecule has 0 atom stereocenters. The summed E-state index contributed by atoms with van der Waals surface area (Å²) in [6, 6.07) is 11.4. The predicted molar refractivity (Wildman–Crippen MR) is 96.5 cm³/mol. The highest BCUT2D eigenvalue weighted by Gasteiger charge is 2.09. The number of nitrogens with two attached hydrogens (primary N) is 2. The summed E-state index contributed by atoms with van der Waals surface area (Å²) in [5, 5.41) is 7.45. The topological polar surface area (TPSA) is 151 Å². The fourth-order valence-corrected chi connectivity index (χ4v) is 2.57. The Morgan fingerprint density at radius 3 is 2.15 bits per heavy atom. The van der Waals surface area contributed by atoms with Crippen LogP contribution < -0.4 is 20.9 Å². The maximum atomic E-state index is 11.9. The molecule has 0 fully saturated rings. The second-order valence-electron chi connectivity index (χ2n) is 5.42. The molecule has 0 aliphatic heterocycles. The van der Waals surface area contributed by atoms with Crippen LogP contribution in [0, 0.1) is 0 Å². The van der Waals surface area contributed by atoms with E-state index in [0.717, 1.165) is 5.56 Å². The van der Waals surface area contributed by atoms with E-state index >= 15 is 0 Å². The van der Waals surface area contributed by atoms with Gasteiger partial charge < -0.3 is 20.5 Å². The molecule has 2 aromatic carbocycles. The van der Waals surface area contributed by atoms with Crippen molar-refractivity contribution < 1.29 is 27.5 Å². The first kappa shape index (κ1) is 20.2. The van der Waals surface area contributed by atoms with Crippen LogP contribution in [0.4, 0.5) is 4.79 Å². The molecule has 0 heterocycles. The van der Waals surface area contributed by atoms with E-state index in [0.29, 0.717) is 11.3 Å². The number of ether oxygens (including phenoxy) is 2. The summed E-state index contributed by atoms with van der Waals surface area (Å²) >= 11 is 0. The number of carbonyl (C=O) groups is 2. The van der Waals surface area contributed by atoms with Crippen molar-refractivity contribution in [1.82, 2.24) is 5.32 Å². The quantitative estimate of drug-likeness (QED) is 0.444. The third kappa shape index (κ3) is 6.60. The Kier molecular flexibility index (Phi) is 6.74. The number of primary sulfonamides is 1. The molecule has 144 valence electrons. The molecule has 0 saturated carbocycles. The number of benzene rings is 2. The van der Waals surface area contributed by atoms with E-state index in [2.05, 4.69) is 5.32 Å². The molecule has 0 bridgehead atoms. The van der Waals surface area contributed by atoms with E-state index in [1.54, 1.807) is 24.3 Å². The van der Waals surface area contributed by atoms with Gasteiger partial charge in [-0.25, -0.2) is 23.1 Å². The molecular weight excluding hydrogens is 374 g/mol. The highest BCUT2D eigenvalue weighted by molar-refractivity contribution is 7.89. The molecule has 2 rings (SSSR count). The van der Waals surface area contributed by atoms with E-state index in [1.165, 1.54) is 24.3 Å². The standard InChI is InChI=1S/C17H19N3O6S/c18-17(22)20-11-12-1-3-13(4-2-12)16(21)26-10-9-25-14-5-7-15(8-6-14)27(19,23)24/h1-8H,9-11H2,(H3,18,20,22)(H2,19,23,24). The lowest BCUT2D eigenvalue weighted by atomic mass is 10.1. The van der Waals surface area contributed by atoms with E-state index in [9.17, 15) is 18.0 Å². The molecular formula is C17H19N3O6S. The number of amides is 2. The molecule has 0 saturated heterocycles. The van der Waals surface area contributed by atoms with Gasteiger partial charge in [0.05, 0.1) is 10.5 Å². The first-order chi connectivity index (χ1) is 12.8. The summed E-state index contributed by atoms with van der Waals surface area (Å²) in [6.07, 6.45) is 0. The van der Waals surface area contributed by atoms with Crippen LogP contribution >= 0.6 is 0 Å². The first-order valence-corrected chi connectivity index (χ1v) is 9.35. The largest absolute Gasteiger partial charge is 0.490 e. The Morgan fingerprint density at radius 1 is 0.963 bits per heavy atom. The lowest BCUT2D eigenvalue weighted by molar-refractivity contribution is 0.0450. The van der Waals surface area contributed by atoms with Crippen LogP contribution in [0.25, 0.3) is 0 Å². The van der Waals surface area contributed by atoms with E-state index < -0.39 is 22.0 Å². The summed E-state index contributed by atoms with van der Waals surface area (Å²) in [4.78, 5) is 22.6. The lowest BCUT2D eigenvalue weighted by Gasteiger charge is -2.08. The minimum atomic E-state index is -3.75. The molecule has 10 heteroatoms. The molecule has 2 aromatic rings. The van der Waals surface area contributed by atoms with Gasteiger partial charge in [0.1, 0.15) is 19.0 Å². The third-order valence-corrected chi connectivity index (χ3v) is 4.32. The lowest BCUT2D eigenvalue weighted by Crippen LogP contribution is -2.28. The molecule has 2 amide bonds. The van der Waals surface area contributed by atoms with Gasteiger partial charge in [0, 0.05) is 6.54 Å². The molecule has 0 aliphatic carbocycles. The second kappa shape index (κ2) is 9.01. The van der Waals surface area contributed by atoms with E-state index in [-0.39, 0.29) is 24.7 Å². The zero-order chi connectivity index (χ0) is 19.9. The molecule has 0 radical (unpaired) electrons. The normalized spacial score (nSPS) is 10.9. The van der Waals surface area contributed by atoms with Crippen LogP contribution in [0.3, 0.4) is 0 Å². The summed E-state index contributed by atoms with van der Waals surface area (Å²) in [6.45, 7) is 0.380. The van der Waals surface area contributed by atoms with Crippen LogP contribution in [-0.2, 0) is 21.3 Å². The number of hydrogen-bond donors (Lipinski definition) is 3. The zero-order valence-corrected chi connectivity index (χ0v) is 15.1. The van der Waals surface area contributed by atoms with Crippen molar-refractivity contribution in [2.45, 2.75) is 11.4 Å². The van der Waals surface area contributed by atoms with E-state index in [4.69, 9.17) is 20.3 Å². The van der Waals surface area contributed by atoms with Gasteiger partial charge in [-0.3, -0.25) is 0 Å². The van der Waals surface area contributed by atoms with Gasteiger partial charge in [0.2, 0.25) is 10.0 Å². The van der Waals surface area contributed by atoms with E-state index in [1.807, 2.05) is 0 Å². The van der Waals surface area contributed by atoms with Gasteiger partial charge in [0.15, 0.2) is 0 Å². The molecule has 0 unspecified atom stereocenters. The maximum absolute atomic E-state index is 11.9. The third-order valence-electron chi connectivity index (χ3n) is 3.39. The van der Waals surface area contributed by atoms with Crippen molar-refractivity contribution in [3.05, 3.63) is 59.7 Å². The SMILES string of the molecule is NC(=O)NCc1ccc(C(=O)OCCOc2ccc(S(N)(=O)=O)cc2)cc1. The molecule has 0 aromatic heterocycles. The summed E-state index contributed by atoms with van der Waals surface area (Å²) in [7, 11) is -3.75. The van der Waals surface area contributed by atoms with Crippen LogP contribution in [-0.4, -0.2) is 33.6 Å². The van der Waals surface area contributed by atoms with Gasteiger partial charge in [-0.1, -0.05) is 12.1 Å². The van der Waals surface area contributed by atoms with Crippen LogP contribution in [0.1, 0.15) is 15.9 Å². The highest BCUT2D eigenvalue weighted by Crippen LogP contribution is 2.14. The average Bonchev–Trinajstić information content (AvgIpc) is 2.63. The van der Waals surface area contributed by atoms with Crippen LogP contribution in [0.2, 0.25) is 0 Å². The Labute approximate surface area is 156 Å². The number of nitrogens with one attached hydrogen (secondary N) is 1. The predicted octanol–water partition coefficient (Wildman–Crippen LogP) is 0.738. The van der Waals surface area contributed by atoms with Crippen molar-refractivity contribution >= 4 is 22.0 Å². The average molecular weight is 393 g/mol. The number of urea groups is 1. The van der Waals surface area contributed by atoms with Crippen molar-refractivity contribution in [2.75, 3.05) is 13.2 Å². The second-order valence-corrected chi connectivity index (χ2v) is 6.98.